The molecule has 3 N–H and O–H groups in total. The minimum atomic E-state index is 0. The van der Waals surface area contributed by atoms with E-state index in [0.29, 0.717) is 32.3 Å². The van der Waals surface area contributed by atoms with Gasteiger partial charge in [-0.3, -0.25) is 0 Å². The second-order valence-corrected chi connectivity index (χ2v) is 5.17. The van der Waals surface area contributed by atoms with E-state index in [1.165, 1.54) is 5.56 Å². The number of halogens is 1. The van der Waals surface area contributed by atoms with E-state index in [1.54, 1.807) is 6.08 Å². The Morgan fingerprint density at radius 2 is 1.71 bits per heavy atom. The summed E-state index contributed by atoms with van der Waals surface area (Å²) in [6, 6.07) is 18.3. The molecule has 4 nitrogen and oxygen atoms in total. The van der Waals surface area contributed by atoms with E-state index in [4.69, 9.17) is 10.5 Å². The number of aliphatic imine (C=N–C) groups is 1. The van der Waals surface area contributed by atoms with Crippen molar-refractivity contribution >= 4 is 29.9 Å². The first kappa shape index (κ1) is 20.2. The topological polar surface area (TPSA) is 59.6 Å². The Hall–Kier alpha value is -1.86. The molecular formula is C19H24IN3O. The van der Waals surface area contributed by atoms with Crippen LogP contribution in [0.15, 0.2) is 72.2 Å². The van der Waals surface area contributed by atoms with Crippen molar-refractivity contribution in [2.75, 3.05) is 6.54 Å². The maximum atomic E-state index is 5.76. The van der Waals surface area contributed by atoms with Gasteiger partial charge in [-0.2, -0.15) is 0 Å². The van der Waals surface area contributed by atoms with Gasteiger partial charge in [0.05, 0.1) is 19.8 Å². The zero-order valence-corrected chi connectivity index (χ0v) is 16.0. The Kier molecular flexibility index (Phi) is 9.79. The lowest BCUT2D eigenvalue weighted by Gasteiger charge is -2.07. The highest BCUT2D eigenvalue weighted by atomic mass is 127. The lowest BCUT2D eigenvalue weighted by molar-refractivity contribution is 0.107. The van der Waals surface area contributed by atoms with Gasteiger partial charge in [-0.1, -0.05) is 60.7 Å². The third-order valence-corrected chi connectivity index (χ3v) is 3.23. The lowest BCUT2D eigenvalue weighted by Crippen LogP contribution is -2.31. The van der Waals surface area contributed by atoms with Gasteiger partial charge in [0.25, 0.3) is 0 Å². The Bertz CT molecular complexity index is 644. The average molecular weight is 437 g/mol. The van der Waals surface area contributed by atoms with Gasteiger partial charge in [-0.15, -0.1) is 30.6 Å². The average Bonchev–Trinajstić information content (AvgIpc) is 2.59. The van der Waals surface area contributed by atoms with Crippen LogP contribution in [0.3, 0.4) is 0 Å². The number of hydrogen-bond acceptors (Lipinski definition) is 2. The minimum absolute atomic E-state index is 0. The van der Waals surface area contributed by atoms with E-state index in [0.717, 1.165) is 11.1 Å². The molecule has 0 bridgehead atoms. The number of hydrogen-bond donors (Lipinski definition) is 2. The second kappa shape index (κ2) is 11.6. The van der Waals surface area contributed by atoms with Gasteiger partial charge in [0.15, 0.2) is 5.96 Å². The van der Waals surface area contributed by atoms with E-state index in [1.807, 2.05) is 30.3 Å². The third kappa shape index (κ3) is 7.61. The molecule has 0 unspecified atom stereocenters. The van der Waals surface area contributed by atoms with E-state index in [2.05, 4.69) is 41.2 Å². The van der Waals surface area contributed by atoms with Crippen LogP contribution < -0.4 is 11.1 Å². The molecule has 2 rings (SSSR count). The molecule has 0 aromatic heterocycles. The Labute approximate surface area is 160 Å². The zero-order chi connectivity index (χ0) is 16.3. The fourth-order valence-corrected chi connectivity index (χ4v) is 2.09. The summed E-state index contributed by atoms with van der Waals surface area (Å²) < 4.78 is 5.76. The molecule has 2 aromatic rings. The first-order valence-corrected chi connectivity index (χ1v) is 7.62. The molecule has 2 aromatic carbocycles. The van der Waals surface area contributed by atoms with Crippen molar-refractivity contribution in [3.8, 4) is 0 Å². The summed E-state index contributed by atoms with van der Waals surface area (Å²) in [5.74, 6) is 0.427. The number of guanidine groups is 1. The Morgan fingerprint density at radius 3 is 2.46 bits per heavy atom. The molecule has 0 atom stereocenters. The van der Waals surface area contributed by atoms with E-state index >= 15 is 0 Å². The molecule has 0 saturated heterocycles. The van der Waals surface area contributed by atoms with Crippen molar-refractivity contribution < 1.29 is 4.74 Å². The van der Waals surface area contributed by atoms with Gasteiger partial charge in [-0.25, -0.2) is 4.99 Å². The van der Waals surface area contributed by atoms with Crippen LogP contribution in [0.4, 0.5) is 0 Å². The van der Waals surface area contributed by atoms with E-state index < -0.39 is 0 Å². The maximum Gasteiger partial charge on any atom is 0.189 e. The fraction of sp³-hybridized carbons (Fsp3) is 0.211. The predicted octanol–water partition coefficient (Wildman–Crippen LogP) is 3.61. The first-order valence-electron chi connectivity index (χ1n) is 7.62. The molecule has 5 heteroatoms. The van der Waals surface area contributed by atoms with Crippen LogP contribution in [0.5, 0.6) is 0 Å². The highest BCUT2D eigenvalue weighted by molar-refractivity contribution is 14.0. The summed E-state index contributed by atoms with van der Waals surface area (Å²) in [5, 5.41) is 2.95. The lowest BCUT2D eigenvalue weighted by atomic mass is 10.1. The fourth-order valence-electron chi connectivity index (χ4n) is 2.09. The molecule has 0 spiro atoms. The molecule has 0 aliphatic heterocycles. The molecule has 0 aliphatic carbocycles. The Morgan fingerprint density at radius 1 is 1.04 bits per heavy atom. The van der Waals surface area contributed by atoms with Crippen molar-refractivity contribution in [3.63, 3.8) is 0 Å². The van der Waals surface area contributed by atoms with Gasteiger partial charge < -0.3 is 15.8 Å². The monoisotopic (exact) mass is 437 g/mol. The second-order valence-electron chi connectivity index (χ2n) is 5.17. The van der Waals surface area contributed by atoms with Gasteiger partial charge in [-0.05, 0) is 16.7 Å². The molecule has 128 valence electrons. The summed E-state index contributed by atoms with van der Waals surface area (Å²) in [5.41, 5.74) is 9.17. The third-order valence-electron chi connectivity index (χ3n) is 3.23. The zero-order valence-electron chi connectivity index (χ0n) is 13.7. The number of nitrogens with two attached hydrogens (primary N) is 1. The van der Waals surface area contributed by atoms with Gasteiger partial charge in [0, 0.05) is 6.54 Å². The van der Waals surface area contributed by atoms with Crippen LogP contribution >= 0.6 is 24.0 Å². The van der Waals surface area contributed by atoms with E-state index in [-0.39, 0.29) is 24.0 Å². The molecule has 0 aliphatic rings. The molecule has 0 radical (unpaired) electrons. The smallest absolute Gasteiger partial charge is 0.189 e. The van der Waals surface area contributed by atoms with Gasteiger partial charge >= 0.3 is 0 Å². The van der Waals surface area contributed by atoms with Gasteiger partial charge in [0.1, 0.15) is 0 Å². The number of nitrogens with zero attached hydrogens (tertiary/aromatic N) is 1. The summed E-state index contributed by atoms with van der Waals surface area (Å²) in [7, 11) is 0. The molecule has 0 amide bonds. The highest BCUT2D eigenvalue weighted by Crippen LogP contribution is 2.09. The standard InChI is InChI=1S/C19H23N3O.HI/c1-2-11-21-19(20)22-13-17-9-6-10-18(12-17)15-23-14-16-7-4-3-5-8-16;/h2-10,12H,1,11,13-15H2,(H3,20,21,22);1H. The summed E-state index contributed by atoms with van der Waals surface area (Å²) in [4.78, 5) is 4.30. The van der Waals surface area contributed by atoms with Crippen LogP contribution in [-0.4, -0.2) is 12.5 Å². The SMILES string of the molecule is C=CCNC(N)=NCc1cccc(COCc2ccccc2)c1.I. The normalized spacial score (nSPS) is 10.8. The number of rotatable bonds is 8. The quantitative estimate of drug-likeness (QED) is 0.287. The molecule has 0 fully saturated rings. The first-order chi connectivity index (χ1) is 11.3. The predicted molar refractivity (Wildman–Crippen MR) is 110 cm³/mol. The van der Waals surface area contributed by atoms with Crippen molar-refractivity contribution in [3.05, 3.63) is 83.9 Å². The summed E-state index contributed by atoms with van der Waals surface area (Å²) >= 11 is 0. The van der Waals surface area contributed by atoms with Crippen LogP contribution in [0.2, 0.25) is 0 Å². The number of ether oxygens (including phenoxy) is 1. The minimum Gasteiger partial charge on any atom is -0.372 e. The van der Waals surface area contributed by atoms with Crippen molar-refractivity contribution in [1.29, 1.82) is 0 Å². The highest BCUT2D eigenvalue weighted by Gasteiger charge is 1.98. The van der Waals surface area contributed by atoms with Crippen molar-refractivity contribution in [1.82, 2.24) is 5.32 Å². The largest absolute Gasteiger partial charge is 0.372 e. The van der Waals surface area contributed by atoms with Gasteiger partial charge in [0.2, 0.25) is 0 Å². The molecule has 0 heterocycles. The Balaban J connectivity index is 0.00000288. The summed E-state index contributed by atoms with van der Waals surface area (Å²) in [6.07, 6.45) is 1.74. The maximum absolute atomic E-state index is 5.76. The molecule has 24 heavy (non-hydrogen) atoms. The van der Waals surface area contributed by atoms with Crippen molar-refractivity contribution in [2.24, 2.45) is 10.7 Å². The molecular weight excluding hydrogens is 413 g/mol. The van der Waals surface area contributed by atoms with Crippen LogP contribution in [0, 0.1) is 0 Å². The van der Waals surface area contributed by atoms with E-state index in [9.17, 15) is 0 Å². The summed E-state index contributed by atoms with van der Waals surface area (Å²) in [6.45, 7) is 5.98. The van der Waals surface area contributed by atoms with Crippen molar-refractivity contribution in [2.45, 2.75) is 19.8 Å². The number of nitrogens with one attached hydrogen (secondary N) is 1. The van der Waals surface area contributed by atoms with Crippen LogP contribution in [0.1, 0.15) is 16.7 Å². The number of benzene rings is 2. The van der Waals surface area contributed by atoms with Crippen LogP contribution in [0.25, 0.3) is 0 Å². The van der Waals surface area contributed by atoms with Crippen LogP contribution in [-0.2, 0) is 24.5 Å². The molecule has 0 saturated carbocycles.